The summed E-state index contributed by atoms with van der Waals surface area (Å²) in [6.07, 6.45) is 4.41. The lowest BCUT2D eigenvalue weighted by atomic mass is 10.0. The van der Waals surface area contributed by atoms with E-state index in [1.54, 1.807) is 6.20 Å². The van der Waals surface area contributed by atoms with Crippen molar-refractivity contribution in [2.45, 2.75) is 19.5 Å². The van der Waals surface area contributed by atoms with Crippen LogP contribution in [0, 0.1) is 0 Å². The van der Waals surface area contributed by atoms with Crippen LogP contribution in [0.5, 0.6) is 5.75 Å². The van der Waals surface area contributed by atoms with Gasteiger partial charge >= 0.3 is 0 Å². The highest BCUT2D eigenvalue weighted by atomic mass is 16.5. The molecule has 2 aromatic carbocycles. The van der Waals surface area contributed by atoms with Crippen LogP contribution in [-0.4, -0.2) is 41.2 Å². The molecule has 1 aliphatic rings. The molecule has 6 nitrogen and oxygen atoms in total. The second-order valence-corrected chi connectivity index (χ2v) is 8.65. The molecule has 0 aliphatic carbocycles. The maximum Gasteiger partial charge on any atom is 0.130 e. The molecule has 35 heavy (non-hydrogen) atoms. The van der Waals surface area contributed by atoms with Gasteiger partial charge in [0.2, 0.25) is 0 Å². The van der Waals surface area contributed by atoms with Crippen LogP contribution < -0.4 is 10.1 Å². The molecule has 0 amide bonds. The van der Waals surface area contributed by atoms with Crippen molar-refractivity contribution in [2.75, 3.05) is 31.7 Å². The zero-order chi connectivity index (χ0) is 23.7. The van der Waals surface area contributed by atoms with Crippen molar-refractivity contribution in [1.82, 2.24) is 14.9 Å². The maximum absolute atomic E-state index is 6.14. The van der Waals surface area contributed by atoms with Gasteiger partial charge in [-0.05, 0) is 53.6 Å². The van der Waals surface area contributed by atoms with Gasteiger partial charge in [-0.15, -0.1) is 0 Å². The van der Waals surface area contributed by atoms with Crippen LogP contribution >= 0.6 is 0 Å². The Balaban J connectivity index is 1.39. The SMILES string of the molecule is c1ccc(CN2CCOCCOc3ccc(Nc4ccccn4)cc3Cc3cccc(c3)C2)nc1. The van der Waals surface area contributed by atoms with Gasteiger partial charge in [-0.3, -0.25) is 9.88 Å². The first-order valence-electron chi connectivity index (χ1n) is 12.0. The summed E-state index contributed by atoms with van der Waals surface area (Å²) in [7, 11) is 0. The molecule has 178 valence electrons. The molecule has 2 bridgehead atoms. The lowest BCUT2D eigenvalue weighted by molar-refractivity contribution is 0.0754. The molecule has 0 saturated heterocycles. The predicted molar refractivity (Wildman–Crippen MR) is 138 cm³/mol. The summed E-state index contributed by atoms with van der Waals surface area (Å²) in [5.41, 5.74) is 5.72. The number of pyridine rings is 2. The largest absolute Gasteiger partial charge is 0.491 e. The van der Waals surface area contributed by atoms with Gasteiger partial charge in [0.15, 0.2) is 0 Å². The monoisotopic (exact) mass is 466 g/mol. The molecule has 0 atom stereocenters. The van der Waals surface area contributed by atoms with E-state index in [0.29, 0.717) is 19.8 Å². The molecule has 5 rings (SSSR count). The van der Waals surface area contributed by atoms with E-state index in [0.717, 1.165) is 54.6 Å². The van der Waals surface area contributed by atoms with Crippen LogP contribution in [0.15, 0.2) is 91.3 Å². The van der Waals surface area contributed by atoms with Gasteiger partial charge in [0.1, 0.15) is 18.2 Å². The van der Waals surface area contributed by atoms with Gasteiger partial charge in [-0.25, -0.2) is 4.98 Å². The molecule has 1 aliphatic heterocycles. The third-order valence-corrected chi connectivity index (χ3v) is 5.94. The number of rotatable bonds is 4. The fraction of sp³-hybridized carbons (Fsp3) is 0.241. The molecule has 0 fully saturated rings. The van der Waals surface area contributed by atoms with E-state index in [1.807, 2.05) is 48.7 Å². The summed E-state index contributed by atoms with van der Waals surface area (Å²) in [6.45, 7) is 4.18. The normalized spacial score (nSPS) is 14.9. The van der Waals surface area contributed by atoms with Crippen molar-refractivity contribution >= 4 is 11.5 Å². The molecule has 4 aromatic rings. The lowest BCUT2D eigenvalue weighted by Gasteiger charge is -2.23. The average Bonchev–Trinajstić information content (AvgIpc) is 2.88. The molecular weight excluding hydrogens is 436 g/mol. The fourth-order valence-corrected chi connectivity index (χ4v) is 4.28. The van der Waals surface area contributed by atoms with Gasteiger partial charge in [0, 0.05) is 49.7 Å². The number of benzene rings is 2. The van der Waals surface area contributed by atoms with Gasteiger partial charge in [-0.1, -0.05) is 36.4 Å². The number of aromatic nitrogens is 2. The Morgan fingerprint density at radius 3 is 2.54 bits per heavy atom. The Bertz CT molecular complexity index is 1220. The first-order chi connectivity index (χ1) is 17.3. The summed E-state index contributed by atoms with van der Waals surface area (Å²) < 4.78 is 12.1. The van der Waals surface area contributed by atoms with E-state index < -0.39 is 0 Å². The van der Waals surface area contributed by atoms with Crippen LogP contribution in [0.4, 0.5) is 11.5 Å². The molecular formula is C29H30N4O2. The molecule has 0 spiro atoms. The number of anilines is 2. The molecule has 0 unspecified atom stereocenters. The highest BCUT2D eigenvalue weighted by molar-refractivity contribution is 5.59. The second kappa shape index (κ2) is 11.6. The summed E-state index contributed by atoms with van der Waals surface area (Å²) in [4.78, 5) is 11.3. The third-order valence-electron chi connectivity index (χ3n) is 5.94. The minimum atomic E-state index is 0.514. The lowest BCUT2D eigenvalue weighted by Crippen LogP contribution is -2.28. The van der Waals surface area contributed by atoms with E-state index in [2.05, 4.69) is 56.6 Å². The number of hydrogen-bond acceptors (Lipinski definition) is 6. The van der Waals surface area contributed by atoms with Gasteiger partial charge in [-0.2, -0.15) is 0 Å². The molecule has 3 heterocycles. The molecule has 6 heteroatoms. The Labute approximate surface area is 206 Å². The first-order valence-corrected chi connectivity index (χ1v) is 12.0. The highest BCUT2D eigenvalue weighted by Crippen LogP contribution is 2.27. The van der Waals surface area contributed by atoms with E-state index in [9.17, 15) is 0 Å². The van der Waals surface area contributed by atoms with Crippen molar-refractivity contribution in [1.29, 1.82) is 0 Å². The van der Waals surface area contributed by atoms with E-state index in [-0.39, 0.29) is 0 Å². The average molecular weight is 467 g/mol. The molecule has 0 saturated carbocycles. The van der Waals surface area contributed by atoms with Crippen molar-refractivity contribution < 1.29 is 9.47 Å². The van der Waals surface area contributed by atoms with E-state index in [4.69, 9.17) is 9.47 Å². The van der Waals surface area contributed by atoms with E-state index >= 15 is 0 Å². The number of nitrogens with zero attached hydrogens (tertiary/aromatic N) is 3. The predicted octanol–water partition coefficient (Wildman–Crippen LogP) is 5.22. The zero-order valence-electron chi connectivity index (χ0n) is 19.8. The van der Waals surface area contributed by atoms with Crippen molar-refractivity contribution in [3.63, 3.8) is 0 Å². The first kappa shape index (κ1) is 23.0. The summed E-state index contributed by atoms with van der Waals surface area (Å²) >= 11 is 0. The van der Waals surface area contributed by atoms with Gasteiger partial charge in [0.05, 0.1) is 18.9 Å². The number of fused-ring (bicyclic) bond motifs is 3. The van der Waals surface area contributed by atoms with Crippen molar-refractivity contribution in [2.24, 2.45) is 0 Å². The fourth-order valence-electron chi connectivity index (χ4n) is 4.28. The van der Waals surface area contributed by atoms with Crippen LogP contribution in [0.1, 0.15) is 22.4 Å². The van der Waals surface area contributed by atoms with Gasteiger partial charge in [0.25, 0.3) is 0 Å². The molecule has 0 radical (unpaired) electrons. The number of nitrogens with one attached hydrogen (secondary N) is 1. The quantitative estimate of drug-likeness (QED) is 0.445. The van der Waals surface area contributed by atoms with E-state index in [1.165, 1.54) is 11.1 Å². The Morgan fingerprint density at radius 1 is 0.800 bits per heavy atom. The Hall–Kier alpha value is -3.74. The minimum Gasteiger partial charge on any atom is -0.491 e. The maximum atomic E-state index is 6.14. The van der Waals surface area contributed by atoms with Crippen molar-refractivity contribution in [3.8, 4) is 5.75 Å². The summed E-state index contributed by atoms with van der Waals surface area (Å²) in [5, 5.41) is 3.39. The zero-order valence-corrected chi connectivity index (χ0v) is 19.8. The van der Waals surface area contributed by atoms with Crippen LogP contribution in [-0.2, 0) is 24.2 Å². The third kappa shape index (κ3) is 6.66. The molecule has 1 N–H and O–H groups in total. The summed E-state index contributed by atoms with van der Waals surface area (Å²) in [6, 6.07) is 26.9. The number of ether oxygens (including phenoxy) is 2. The van der Waals surface area contributed by atoms with Crippen molar-refractivity contribution in [3.05, 3.63) is 114 Å². The van der Waals surface area contributed by atoms with Crippen LogP contribution in [0.25, 0.3) is 0 Å². The Kier molecular flexibility index (Phi) is 7.63. The standard InChI is InChI=1S/C29H30N4O2/c1-3-12-30-27(8-1)22-33-14-15-34-16-17-35-28-11-10-26(32-29-9-2-4-13-31-29)20-25(28)19-23-6-5-7-24(18-23)21-33/h1-13,18,20H,14-17,19,21-22H2,(H,31,32). The smallest absolute Gasteiger partial charge is 0.130 e. The van der Waals surface area contributed by atoms with Crippen LogP contribution in [0.2, 0.25) is 0 Å². The topological polar surface area (TPSA) is 59.5 Å². The second-order valence-electron chi connectivity index (χ2n) is 8.65. The number of hydrogen-bond donors (Lipinski definition) is 1. The summed E-state index contributed by atoms with van der Waals surface area (Å²) in [5.74, 6) is 1.71. The van der Waals surface area contributed by atoms with Crippen LogP contribution in [0.3, 0.4) is 0 Å². The highest BCUT2D eigenvalue weighted by Gasteiger charge is 2.12. The van der Waals surface area contributed by atoms with Gasteiger partial charge < -0.3 is 14.8 Å². The Morgan fingerprint density at radius 2 is 1.69 bits per heavy atom. The molecule has 2 aromatic heterocycles. The minimum absolute atomic E-state index is 0.514.